The van der Waals surface area contributed by atoms with E-state index in [-0.39, 0.29) is 12.4 Å². The quantitative estimate of drug-likeness (QED) is 0.619. The molecule has 1 aliphatic rings. The summed E-state index contributed by atoms with van der Waals surface area (Å²) in [6.07, 6.45) is 2.71. The molecule has 2 aromatic rings. The summed E-state index contributed by atoms with van der Waals surface area (Å²) in [6, 6.07) is 13.9. The van der Waals surface area contributed by atoms with Crippen molar-refractivity contribution < 1.29 is 9.47 Å². The van der Waals surface area contributed by atoms with Gasteiger partial charge >= 0.3 is 0 Å². The minimum absolute atomic E-state index is 0. The van der Waals surface area contributed by atoms with Crippen LogP contribution in [-0.4, -0.2) is 19.3 Å². The van der Waals surface area contributed by atoms with Crippen LogP contribution in [0.3, 0.4) is 0 Å². The van der Waals surface area contributed by atoms with Gasteiger partial charge in [0, 0.05) is 24.7 Å². The van der Waals surface area contributed by atoms with Gasteiger partial charge in [-0.15, -0.1) is 12.4 Å². The van der Waals surface area contributed by atoms with Crippen LogP contribution in [0.4, 0.5) is 0 Å². The van der Waals surface area contributed by atoms with Gasteiger partial charge in [0.15, 0.2) is 0 Å². The van der Waals surface area contributed by atoms with E-state index >= 15 is 0 Å². The molecule has 1 fully saturated rings. The fourth-order valence-electron chi connectivity index (χ4n) is 2.70. The summed E-state index contributed by atoms with van der Waals surface area (Å²) in [6.45, 7) is 3.16. The first-order chi connectivity index (χ1) is 11.7. The predicted octanol–water partition coefficient (Wildman–Crippen LogP) is 5.37. The van der Waals surface area contributed by atoms with Crippen LogP contribution in [0, 0.1) is 0 Å². The molecule has 2 aromatic carbocycles. The van der Waals surface area contributed by atoms with E-state index in [2.05, 4.69) is 33.4 Å². The highest BCUT2D eigenvalue weighted by molar-refractivity contribution is 9.10. The number of halogens is 3. The Morgan fingerprint density at radius 3 is 2.60 bits per heavy atom. The van der Waals surface area contributed by atoms with Crippen molar-refractivity contribution >= 4 is 39.9 Å². The first-order valence-corrected chi connectivity index (χ1v) is 9.36. The summed E-state index contributed by atoms with van der Waals surface area (Å²) in [7, 11) is 0. The van der Waals surface area contributed by atoms with Crippen LogP contribution in [0.1, 0.15) is 24.0 Å². The van der Waals surface area contributed by atoms with E-state index in [4.69, 9.17) is 21.1 Å². The van der Waals surface area contributed by atoms with E-state index in [1.54, 1.807) is 0 Å². The molecule has 1 N–H and O–H groups in total. The summed E-state index contributed by atoms with van der Waals surface area (Å²) in [5.41, 5.74) is 2.31. The molecule has 1 aliphatic heterocycles. The third-order valence-corrected chi connectivity index (χ3v) is 4.90. The van der Waals surface area contributed by atoms with Crippen molar-refractivity contribution in [1.29, 1.82) is 0 Å². The van der Waals surface area contributed by atoms with Crippen molar-refractivity contribution in [3.05, 3.63) is 63.1 Å². The third-order valence-electron chi connectivity index (χ3n) is 4.03. The zero-order valence-corrected chi connectivity index (χ0v) is 17.0. The van der Waals surface area contributed by atoms with Gasteiger partial charge in [-0.05, 0) is 64.2 Å². The van der Waals surface area contributed by atoms with Gasteiger partial charge in [-0.25, -0.2) is 0 Å². The first kappa shape index (κ1) is 20.5. The van der Waals surface area contributed by atoms with Gasteiger partial charge < -0.3 is 14.8 Å². The lowest BCUT2D eigenvalue weighted by molar-refractivity contribution is 0.110. The highest BCUT2D eigenvalue weighted by Crippen LogP contribution is 2.27. The molecule has 3 nitrogen and oxygen atoms in total. The number of hydrogen-bond acceptors (Lipinski definition) is 3. The Labute approximate surface area is 168 Å². The van der Waals surface area contributed by atoms with E-state index in [0.29, 0.717) is 12.7 Å². The van der Waals surface area contributed by atoms with E-state index in [1.807, 2.05) is 30.3 Å². The Morgan fingerprint density at radius 1 is 1.16 bits per heavy atom. The molecular formula is C19H22BrCl2NO2. The number of benzene rings is 2. The summed E-state index contributed by atoms with van der Waals surface area (Å²) in [5, 5.41) is 4.19. The second-order valence-electron chi connectivity index (χ2n) is 5.95. The summed E-state index contributed by atoms with van der Waals surface area (Å²) in [5.74, 6) is 0.841. The maximum atomic E-state index is 5.89. The van der Waals surface area contributed by atoms with E-state index in [0.717, 1.165) is 46.9 Å². The van der Waals surface area contributed by atoms with Crippen molar-refractivity contribution in [2.75, 3.05) is 13.2 Å². The molecule has 1 saturated heterocycles. The lowest BCUT2D eigenvalue weighted by atomic mass is 10.2. The van der Waals surface area contributed by atoms with Gasteiger partial charge in [-0.3, -0.25) is 0 Å². The van der Waals surface area contributed by atoms with Gasteiger partial charge in [0.2, 0.25) is 0 Å². The Balaban J connectivity index is 0.00000225. The van der Waals surface area contributed by atoms with Gasteiger partial charge in [0.25, 0.3) is 0 Å². The molecule has 136 valence electrons. The normalized spacial score (nSPS) is 16.5. The van der Waals surface area contributed by atoms with Crippen molar-refractivity contribution in [3.63, 3.8) is 0 Å². The van der Waals surface area contributed by atoms with Gasteiger partial charge in [0.1, 0.15) is 12.4 Å². The van der Waals surface area contributed by atoms with Crippen LogP contribution in [0.25, 0.3) is 0 Å². The summed E-state index contributed by atoms with van der Waals surface area (Å²) < 4.78 is 12.5. The van der Waals surface area contributed by atoms with E-state index < -0.39 is 0 Å². The van der Waals surface area contributed by atoms with Gasteiger partial charge in [0.05, 0.1) is 10.6 Å². The SMILES string of the molecule is Cl.Clc1ccc(COc2ccc(CNCC3CCCO3)cc2Br)cc1. The third kappa shape index (κ3) is 6.46. The number of ether oxygens (including phenoxy) is 2. The molecule has 1 atom stereocenters. The molecule has 3 rings (SSSR count). The van der Waals surface area contributed by atoms with Crippen LogP contribution >= 0.6 is 39.9 Å². The van der Waals surface area contributed by atoms with E-state index in [1.165, 1.54) is 12.0 Å². The van der Waals surface area contributed by atoms with Crippen molar-refractivity contribution in [3.8, 4) is 5.75 Å². The molecule has 0 spiro atoms. The molecule has 0 bridgehead atoms. The Kier molecular flexibility index (Phi) is 8.53. The minimum Gasteiger partial charge on any atom is -0.488 e. The zero-order chi connectivity index (χ0) is 16.8. The standard InChI is InChI=1S/C19H21BrClNO2.ClH/c20-18-10-15(11-22-12-17-2-1-9-23-17)5-8-19(18)24-13-14-3-6-16(21)7-4-14;/h3-8,10,17,22H,1-2,9,11-13H2;1H. The highest BCUT2D eigenvalue weighted by atomic mass is 79.9. The summed E-state index contributed by atoms with van der Waals surface area (Å²) in [4.78, 5) is 0. The molecule has 0 saturated carbocycles. The molecule has 1 unspecified atom stereocenters. The van der Waals surface area contributed by atoms with Crippen molar-refractivity contribution in [2.24, 2.45) is 0 Å². The predicted molar refractivity (Wildman–Crippen MR) is 108 cm³/mol. The molecule has 0 amide bonds. The minimum atomic E-state index is 0. The number of hydrogen-bond donors (Lipinski definition) is 1. The Hall–Kier alpha value is -0.780. The second-order valence-corrected chi connectivity index (χ2v) is 7.24. The van der Waals surface area contributed by atoms with Gasteiger partial charge in [-0.2, -0.15) is 0 Å². The molecule has 0 radical (unpaired) electrons. The number of rotatable bonds is 7. The van der Waals surface area contributed by atoms with Crippen LogP contribution in [0.2, 0.25) is 5.02 Å². The topological polar surface area (TPSA) is 30.5 Å². The largest absolute Gasteiger partial charge is 0.488 e. The van der Waals surface area contributed by atoms with Crippen molar-refractivity contribution in [2.45, 2.75) is 32.1 Å². The average Bonchev–Trinajstić information content (AvgIpc) is 3.09. The lowest BCUT2D eigenvalue weighted by Gasteiger charge is -2.12. The summed E-state index contributed by atoms with van der Waals surface area (Å²) >= 11 is 9.48. The maximum absolute atomic E-state index is 5.89. The van der Waals surface area contributed by atoms with Crippen LogP contribution in [0.15, 0.2) is 46.9 Å². The van der Waals surface area contributed by atoms with Crippen LogP contribution in [0.5, 0.6) is 5.75 Å². The second kappa shape index (κ2) is 10.4. The monoisotopic (exact) mass is 445 g/mol. The fraction of sp³-hybridized carbons (Fsp3) is 0.368. The van der Waals surface area contributed by atoms with Gasteiger partial charge in [-0.1, -0.05) is 29.8 Å². The van der Waals surface area contributed by atoms with Crippen LogP contribution in [-0.2, 0) is 17.9 Å². The smallest absolute Gasteiger partial charge is 0.134 e. The van der Waals surface area contributed by atoms with E-state index in [9.17, 15) is 0 Å². The molecular weight excluding hydrogens is 425 g/mol. The van der Waals surface area contributed by atoms with Crippen molar-refractivity contribution in [1.82, 2.24) is 5.32 Å². The molecule has 1 heterocycles. The zero-order valence-electron chi connectivity index (χ0n) is 13.8. The highest BCUT2D eigenvalue weighted by Gasteiger charge is 2.14. The molecule has 25 heavy (non-hydrogen) atoms. The Morgan fingerprint density at radius 2 is 1.92 bits per heavy atom. The number of nitrogens with one attached hydrogen (secondary N) is 1. The average molecular weight is 447 g/mol. The molecule has 0 aliphatic carbocycles. The van der Waals surface area contributed by atoms with Crippen LogP contribution < -0.4 is 10.1 Å². The Bertz CT molecular complexity index is 661. The lowest BCUT2D eigenvalue weighted by Crippen LogP contribution is -2.25. The maximum Gasteiger partial charge on any atom is 0.134 e. The molecule has 0 aromatic heterocycles. The fourth-order valence-corrected chi connectivity index (χ4v) is 3.36. The molecule has 6 heteroatoms. The first-order valence-electron chi connectivity index (χ1n) is 8.19.